The molecule has 1 aromatic rings. The van der Waals surface area contributed by atoms with Crippen LogP contribution in [0.3, 0.4) is 0 Å². The molecule has 2 N–H and O–H groups in total. The number of hydrogen-bond donors (Lipinski definition) is 2. The molecule has 0 aliphatic rings. The molecule has 21 heavy (non-hydrogen) atoms. The van der Waals surface area contributed by atoms with Gasteiger partial charge in [-0.05, 0) is 40.0 Å². The summed E-state index contributed by atoms with van der Waals surface area (Å²) < 4.78 is 29.0. The van der Waals surface area contributed by atoms with Crippen molar-refractivity contribution in [2.24, 2.45) is 0 Å². The first-order valence-corrected chi connectivity index (χ1v) is 7.42. The van der Waals surface area contributed by atoms with E-state index in [9.17, 15) is 13.6 Å². The second-order valence-electron chi connectivity index (χ2n) is 4.56. The van der Waals surface area contributed by atoms with E-state index >= 15 is 0 Å². The second-order valence-corrected chi connectivity index (χ2v) is 5.41. The third-order valence-electron chi connectivity index (χ3n) is 2.91. The predicted molar refractivity (Wildman–Crippen MR) is 78.6 cm³/mol. The maximum Gasteiger partial charge on any atom is 0.387 e. The molecular formula is C14H18BrF2NO3. The molecule has 0 saturated heterocycles. The number of aliphatic carboxylic acids is 1. The molecule has 4 nitrogen and oxygen atoms in total. The summed E-state index contributed by atoms with van der Waals surface area (Å²) in [4.78, 5) is 11.1. The van der Waals surface area contributed by atoms with Crippen molar-refractivity contribution in [2.75, 3.05) is 0 Å². The number of carbonyl (C=O) groups is 1. The summed E-state index contributed by atoms with van der Waals surface area (Å²) in [6.07, 6.45) is 2.31. The Kier molecular flexibility index (Phi) is 7.60. The van der Waals surface area contributed by atoms with E-state index in [-0.39, 0.29) is 5.75 Å². The van der Waals surface area contributed by atoms with Gasteiger partial charge in [-0.25, -0.2) is 0 Å². The molecule has 1 atom stereocenters. The van der Waals surface area contributed by atoms with Gasteiger partial charge in [-0.15, -0.1) is 0 Å². The zero-order chi connectivity index (χ0) is 15.8. The van der Waals surface area contributed by atoms with Crippen LogP contribution in [0.4, 0.5) is 8.78 Å². The predicted octanol–water partition coefficient (Wildman–Crippen LogP) is 3.78. The van der Waals surface area contributed by atoms with E-state index in [1.807, 2.05) is 6.92 Å². The van der Waals surface area contributed by atoms with Gasteiger partial charge in [0.2, 0.25) is 0 Å². The SMILES string of the molecule is CCCC[C@H](NCc1ccc(OC(F)F)c(Br)c1)C(=O)O. The first-order valence-electron chi connectivity index (χ1n) is 6.63. The maximum absolute atomic E-state index is 12.1. The van der Waals surface area contributed by atoms with Crippen molar-refractivity contribution >= 4 is 21.9 Å². The van der Waals surface area contributed by atoms with Crippen LogP contribution in [0.25, 0.3) is 0 Å². The summed E-state index contributed by atoms with van der Waals surface area (Å²) >= 11 is 3.15. The fraction of sp³-hybridized carbons (Fsp3) is 0.500. The molecule has 1 rings (SSSR count). The topological polar surface area (TPSA) is 58.6 Å². The van der Waals surface area contributed by atoms with Crippen molar-refractivity contribution in [2.45, 2.75) is 45.4 Å². The highest BCUT2D eigenvalue weighted by Crippen LogP contribution is 2.27. The van der Waals surface area contributed by atoms with Gasteiger partial charge in [-0.3, -0.25) is 4.79 Å². The maximum atomic E-state index is 12.1. The molecule has 0 aliphatic carbocycles. The lowest BCUT2D eigenvalue weighted by Gasteiger charge is -2.15. The van der Waals surface area contributed by atoms with Gasteiger partial charge in [0.1, 0.15) is 11.8 Å². The first kappa shape index (κ1) is 17.8. The summed E-state index contributed by atoms with van der Waals surface area (Å²) in [7, 11) is 0. The van der Waals surface area contributed by atoms with E-state index in [2.05, 4.69) is 26.0 Å². The Morgan fingerprint density at radius 1 is 1.48 bits per heavy atom. The number of benzene rings is 1. The third-order valence-corrected chi connectivity index (χ3v) is 3.53. The molecular weight excluding hydrogens is 348 g/mol. The van der Waals surface area contributed by atoms with Gasteiger partial charge in [0.25, 0.3) is 0 Å². The Balaban J connectivity index is 2.62. The first-order chi connectivity index (χ1) is 9.93. The van der Waals surface area contributed by atoms with Gasteiger partial charge >= 0.3 is 12.6 Å². The number of ether oxygens (including phenoxy) is 1. The molecule has 0 bridgehead atoms. The van der Waals surface area contributed by atoms with Crippen LogP contribution in [0.15, 0.2) is 22.7 Å². The normalized spacial score (nSPS) is 12.4. The lowest BCUT2D eigenvalue weighted by Crippen LogP contribution is -2.36. The van der Waals surface area contributed by atoms with Crippen LogP contribution >= 0.6 is 15.9 Å². The average Bonchev–Trinajstić information content (AvgIpc) is 2.41. The van der Waals surface area contributed by atoms with Crippen LogP contribution in [0.5, 0.6) is 5.75 Å². The molecule has 0 fully saturated rings. The Bertz CT molecular complexity index is 472. The molecule has 0 radical (unpaired) electrons. The quantitative estimate of drug-likeness (QED) is 0.698. The summed E-state index contributed by atoms with van der Waals surface area (Å²) in [6, 6.07) is 4.06. The number of carboxylic acids is 1. The number of rotatable bonds is 9. The molecule has 0 amide bonds. The van der Waals surface area contributed by atoms with Crippen LogP contribution in [0.1, 0.15) is 31.7 Å². The number of unbranched alkanes of at least 4 members (excludes halogenated alkanes) is 1. The molecule has 118 valence electrons. The Morgan fingerprint density at radius 3 is 2.71 bits per heavy atom. The lowest BCUT2D eigenvalue weighted by atomic mass is 10.1. The Labute approximate surface area is 130 Å². The number of carboxylic acid groups (broad SMARTS) is 1. The molecule has 1 aromatic carbocycles. The summed E-state index contributed by atoms with van der Waals surface area (Å²) in [5.41, 5.74) is 0.784. The summed E-state index contributed by atoms with van der Waals surface area (Å²) in [5.74, 6) is -0.838. The van der Waals surface area contributed by atoms with Crippen molar-refractivity contribution in [1.29, 1.82) is 0 Å². The van der Waals surface area contributed by atoms with E-state index in [0.717, 1.165) is 18.4 Å². The van der Waals surface area contributed by atoms with Crippen LogP contribution in [0.2, 0.25) is 0 Å². The van der Waals surface area contributed by atoms with Gasteiger partial charge in [0.05, 0.1) is 4.47 Å². The largest absolute Gasteiger partial charge is 0.480 e. The van der Waals surface area contributed by atoms with Gasteiger partial charge in [0.15, 0.2) is 0 Å². The van der Waals surface area contributed by atoms with Crippen molar-refractivity contribution in [1.82, 2.24) is 5.32 Å². The summed E-state index contributed by atoms with van der Waals surface area (Å²) in [6.45, 7) is -0.540. The van der Waals surface area contributed by atoms with Gasteiger partial charge in [-0.2, -0.15) is 8.78 Å². The lowest BCUT2D eigenvalue weighted by molar-refractivity contribution is -0.139. The fourth-order valence-electron chi connectivity index (χ4n) is 1.81. The minimum atomic E-state index is -2.88. The number of halogens is 3. The molecule has 0 unspecified atom stereocenters. The van der Waals surface area contributed by atoms with Crippen molar-refractivity contribution in [3.8, 4) is 5.75 Å². The molecule has 0 aromatic heterocycles. The molecule has 0 heterocycles. The van der Waals surface area contributed by atoms with E-state index in [1.54, 1.807) is 12.1 Å². The minimum Gasteiger partial charge on any atom is -0.480 e. The molecule has 0 aliphatic heterocycles. The van der Waals surface area contributed by atoms with Crippen molar-refractivity contribution in [3.63, 3.8) is 0 Å². The highest BCUT2D eigenvalue weighted by molar-refractivity contribution is 9.10. The second kappa shape index (κ2) is 8.94. The number of hydrogen-bond acceptors (Lipinski definition) is 3. The third kappa shape index (κ3) is 6.39. The van der Waals surface area contributed by atoms with Gasteiger partial charge in [0, 0.05) is 6.54 Å². The monoisotopic (exact) mass is 365 g/mol. The minimum absolute atomic E-state index is 0.0505. The van der Waals surface area contributed by atoms with E-state index < -0.39 is 18.6 Å². The van der Waals surface area contributed by atoms with Crippen molar-refractivity contribution in [3.05, 3.63) is 28.2 Å². The number of alkyl halides is 2. The number of nitrogens with one attached hydrogen (secondary N) is 1. The highest BCUT2D eigenvalue weighted by Gasteiger charge is 2.16. The zero-order valence-corrected chi connectivity index (χ0v) is 13.2. The standard InChI is InChI=1S/C14H18BrF2NO3/c1-2-3-4-11(13(19)20)18-8-9-5-6-12(10(15)7-9)21-14(16)17/h5-7,11,14,18H,2-4,8H2,1H3,(H,19,20)/t11-/m0/s1. The van der Waals surface area contributed by atoms with E-state index in [0.29, 0.717) is 17.4 Å². The smallest absolute Gasteiger partial charge is 0.387 e. The highest BCUT2D eigenvalue weighted by atomic mass is 79.9. The molecule has 7 heteroatoms. The average molecular weight is 366 g/mol. The van der Waals surface area contributed by atoms with E-state index in [4.69, 9.17) is 5.11 Å². The molecule has 0 spiro atoms. The zero-order valence-electron chi connectivity index (χ0n) is 11.6. The van der Waals surface area contributed by atoms with Gasteiger partial charge < -0.3 is 15.2 Å². The van der Waals surface area contributed by atoms with E-state index in [1.165, 1.54) is 6.07 Å². The van der Waals surface area contributed by atoms with Crippen LogP contribution in [-0.4, -0.2) is 23.7 Å². The van der Waals surface area contributed by atoms with Crippen LogP contribution < -0.4 is 10.1 Å². The fourth-order valence-corrected chi connectivity index (χ4v) is 2.33. The Hall–Kier alpha value is -1.21. The Morgan fingerprint density at radius 2 is 2.19 bits per heavy atom. The van der Waals surface area contributed by atoms with Gasteiger partial charge in [-0.1, -0.05) is 25.8 Å². The van der Waals surface area contributed by atoms with Crippen LogP contribution in [-0.2, 0) is 11.3 Å². The van der Waals surface area contributed by atoms with Crippen molar-refractivity contribution < 1.29 is 23.4 Å². The summed E-state index contributed by atoms with van der Waals surface area (Å²) in [5, 5.41) is 12.0. The van der Waals surface area contributed by atoms with Crippen LogP contribution in [0, 0.1) is 0 Å². The molecule has 0 saturated carbocycles.